The minimum atomic E-state index is -3.95. The van der Waals surface area contributed by atoms with Crippen molar-refractivity contribution >= 4 is 27.4 Å². The Morgan fingerprint density at radius 1 is 1.00 bits per heavy atom. The predicted octanol–water partition coefficient (Wildman–Crippen LogP) is 1.81. The highest BCUT2D eigenvalue weighted by Crippen LogP contribution is 2.20. The number of anilines is 1. The van der Waals surface area contributed by atoms with Crippen LogP contribution in [-0.2, 0) is 10.0 Å². The summed E-state index contributed by atoms with van der Waals surface area (Å²) in [5, 5.41) is 8.53. The number of hydrogen-bond donors (Lipinski definition) is 3. The number of nitrogens with one attached hydrogen (secondary N) is 2. The molecule has 23 heavy (non-hydrogen) atoms. The van der Waals surface area contributed by atoms with E-state index in [0.717, 1.165) is 0 Å². The molecule has 2 aromatic carbocycles. The maximum absolute atomic E-state index is 12.4. The first-order valence-electron chi connectivity index (χ1n) is 6.52. The topological polar surface area (TPSA) is 113 Å². The van der Waals surface area contributed by atoms with Crippen molar-refractivity contribution in [2.24, 2.45) is 0 Å². The van der Waals surface area contributed by atoms with E-state index in [2.05, 4.69) is 4.72 Å². The molecule has 1 amide bonds. The largest absolute Gasteiger partial charge is 0.294 e. The van der Waals surface area contributed by atoms with E-state index >= 15 is 0 Å². The molecular weight excluding hydrogens is 320 g/mol. The van der Waals surface area contributed by atoms with E-state index in [1.807, 2.05) is 0 Å². The Bertz CT molecular complexity index is 844. The van der Waals surface area contributed by atoms with Crippen molar-refractivity contribution < 1.29 is 23.2 Å². The van der Waals surface area contributed by atoms with E-state index in [0.29, 0.717) is 0 Å². The van der Waals surface area contributed by atoms with E-state index < -0.39 is 15.9 Å². The molecule has 0 aliphatic carbocycles. The summed E-state index contributed by atoms with van der Waals surface area (Å²) < 4.78 is 27.2. The van der Waals surface area contributed by atoms with Crippen LogP contribution in [0.4, 0.5) is 5.69 Å². The van der Waals surface area contributed by atoms with E-state index in [1.54, 1.807) is 6.07 Å². The lowest BCUT2D eigenvalue weighted by Gasteiger charge is -2.11. The van der Waals surface area contributed by atoms with Gasteiger partial charge >= 0.3 is 0 Å². The predicted molar refractivity (Wildman–Crippen MR) is 82.9 cm³/mol. The minimum Gasteiger partial charge on any atom is -0.294 e. The maximum Gasteiger partial charge on any atom is 0.274 e. The van der Waals surface area contributed by atoms with Crippen LogP contribution in [0.2, 0.25) is 0 Å². The van der Waals surface area contributed by atoms with Crippen LogP contribution in [0.5, 0.6) is 0 Å². The lowest BCUT2D eigenvalue weighted by molar-refractivity contribution is 0.0706. The van der Waals surface area contributed by atoms with Crippen LogP contribution in [0.15, 0.2) is 53.4 Å². The SMILES string of the molecule is CC(=O)c1ccccc1S(=O)(=O)Nc1ccc(C(=O)NO)cc1. The highest BCUT2D eigenvalue weighted by Gasteiger charge is 2.20. The number of ketones is 1. The molecule has 0 spiro atoms. The smallest absolute Gasteiger partial charge is 0.274 e. The highest BCUT2D eigenvalue weighted by atomic mass is 32.2. The Hall–Kier alpha value is -2.71. The summed E-state index contributed by atoms with van der Waals surface area (Å²) in [6.07, 6.45) is 0. The van der Waals surface area contributed by atoms with Gasteiger partial charge in [-0.15, -0.1) is 0 Å². The number of benzene rings is 2. The van der Waals surface area contributed by atoms with Crippen molar-refractivity contribution in [3.63, 3.8) is 0 Å². The normalized spacial score (nSPS) is 10.9. The maximum atomic E-state index is 12.4. The van der Waals surface area contributed by atoms with Crippen molar-refractivity contribution in [3.8, 4) is 0 Å². The van der Waals surface area contributed by atoms with Crippen LogP contribution in [0.3, 0.4) is 0 Å². The lowest BCUT2D eigenvalue weighted by atomic mass is 10.1. The first kappa shape index (κ1) is 16.7. The summed E-state index contributed by atoms with van der Waals surface area (Å²) in [5.41, 5.74) is 1.96. The van der Waals surface area contributed by atoms with Gasteiger partial charge in [0.1, 0.15) is 0 Å². The van der Waals surface area contributed by atoms with Crippen molar-refractivity contribution in [1.82, 2.24) is 5.48 Å². The van der Waals surface area contributed by atoms with Gasteiger partial charge in [0.05, 0.1) is 4.90 Å². The molecule has 0 aromatic heterocycles. The third kappa shape index (κ3) is 3.74. The standard InChI is InChI=1S/C15H14N2O5S/c1-10(18)13-4-2-3-5-14(13)23(21,22)17-12-8-6-11(7-9-12)15(19)16-20/h2-9,17,20H,1H3,(H,16,19). The zero-order valence-corrected chi connectivity index (χ0v) is 12.9. The average Bonchev–Trinajstić information content (AvgIpc) is 2.54. The Morgan fingerprint density at radius 2 is 1.61 bits per heavy atom. The third-order valence-corrected chi connectivity index (χ3v) is 4.50. The number of sulfonamides is 1. The van der Waals surface area contributed by atoms with Crippen LogP contribution >= 0.6 is 0 Å². The van der Waals surface area contributed by atoms with E-state index in [9.17, 15) is 18.0 Å². The zero-order valence-electron chi connectivity index (χ0n) is 12.1. The number of Topliss-reactive ketones (excluding diaryl/α,β-unsaturated/α-hetero) is 1. The lowest BCUT2D eigenvalue weighted by Crippen LogP contribution is -2.19. The first-order chi connectivity index (χ1) is 10.8. The van der Waals surface area contributed by atoms with Gasteiger partial charge in [0.25, 0.3) is 15.9 Å². The number of amides is 1. The molecule has 2 aromatic rings. The molecule has 7 nitrogen and oxygen atoms in total. The zero-order chi connectivity index (χ0) is 17.0. The quantitative estimate of drug-likeness (QED) is 0.438. The summed E-state index contributed by atoms with van der Waals surface area (Å²) in [6.45, 7) is 1.29. The summed E-state index contributed by atoms with van der Waals surface area (Å²) in [5.74, 6) is -1.07. The van der Waals surface area contributed by atoms with Gasteiger partial charge in [-0.05, 0) is 37.3 Å². The van der Waals surface area contributed by atoms with Crippen molar-refractivity contribution in [3.05, 3.63) is 59.7 Å². The Kier molecular flexibility index (Phi) is 4.77. The van der Waals surface area contributed by atoms with Gasteiger partial charge in [-0.1, -0.05) is 18.2 Å². The molecule has 120 valence electrons. The van der Waals surface area contributed by atoms with Crippen LogP contribution in [0.25, 0.3) is 0 Å². The second-order valence-corrected chi connectivity index (χ2v) is 6.33. The highest BCUT2D eigenvalue weighted by molar-refractivity contribution is 7.92. The minimum absolute atomic E-state index is 0.0938. The van der Waals surface area contributed by atoms with Gasteiger partial charge in [0.15, 0.2) is 5.78 Å². The first-order valence-corrected chi connectivity index (χ1v) is 8.01. The molecule has 0 heterocycles. The molecule has 0 fully saturated rings. The molecule has 0 aliphatic heterocycles. The molecule has 0 atom stereocenters. The van der Waals surface area contributed by atoms with Crippen molar-refractivity contribution in [2.45, 2.75) is 11.8 Å². The van der Waals surface area contributed by atoms with Crippen molar-refractivity contribution in [1.29, 1.82) is 0 Å². The monoisotopic (exact) mass is 334 g/mol. The van der Waals surface area contributed by atoms with Gasteiger partial charge in [-0.2, -0.15) is 0 Å². The number of hydroxylamine groups is 1. The second kappa shape index (κ2) is 6.59. The molecule has 3 N–H and O–H groups in total. The molecule has 8 heteroatoms. The van der Waals surface area contributed by atoms with Crippen LogP contribution in [-0.4, -0.2) is 25.3 Å². The Balaban J connectivity index is 2.32. The Labute approximate surface area is 133 Å². The fourth-order valence-electron chi connectivity index (χ4n) is 1.96. The van der Waals surface area contributed by atoms with E-state index in [4.69, 9.17) is 5.21 Å². The summed E-state index contributed by atoms with van der Waals surface area (Å²) >= 11 is 0. The molecule has 0 radical (unpaired) electrons. The fourth-order valence-corrected chi connectivity index (χ4v) is 3.27. The van der Waals surface area contributed by atoms with E-state index in [1.165, 1.54) is 54.9 Å². The van der Waals surface area contributed by atoms with Gasteiger partial charge in [0, 0.05) is 16.8 Å². The van der Waals surface area contributed by atoms with Gasteiger partial charge in [0.2, 0.25) is 0 Å². The summed E-state index contributed by atoms with van der Waals surface area (Å²) in [7, 11) is -3.95. The molecule has 2 rings (SSSR count). The van der Waals surface area contributed by atoms with E-state index in [-0.39, 0.29) is 27.5 Å². The molecule has 0 saturated carbocycles. The average molecular weight is 334 g/mol. The molecular formula is C15H14N2O5S. The number of rotatable bonds is 5. The van der Waals surface area contributed by atoms with Crippen molar-refractivity contribution in [2.75, 3.05) is 4.72 Å². The molecule has 0 unspecified atom stereocenters. The fraction of sp³-hybridized carbons (Fsp3) is 0.0667. The molecule has 0 aliphatic rings. The number of hydrogen-bond acceptors (Lipinski definition) is 5. The number of carbonyl (C=O) groups excluding carboxylic acids is 2. The van der Waals surface area contributed by atoms with Gasteiger partial charge < -0.3 is 0 Å². The Morgan fingerprint density at radius 3 is 2.17 bits per heavy atom. The second-order valence-electron chi connectivity index (χ2n) is 4.68. The third-order valence-electron chi connectivity index (χ3n) is 3.06. The molecule has 0 saturated heterocycles. The molecule has 0 bridgehead atoms. The number of carbonyl (C=O) groups is 2. The van der Waals surface area contributed by atoms with Gasteiger partial charge in [-0.25, -0.2) is 13.9 Å². The van der Waals surface area contributed by atoms with Crippen LogP contribution < -0.4 is 10.2 Å². The summed E-state index contributed by atoms with van der Waals surface area (Å²) in [4.78, 5) is 22.7. The summed E-state index contributed by atoms with van der Waals surface area (Å²) in [6, 6.07) is 11.3. The van der Waals surface area contributed by atoms with Crippen LogP contribution in [0, 0.1) is 0 Å². The van der Waals surface area contributed by atoms with Crippen LogP contribution in [0.1, 0.15) is 27.6 Å². The van der Waals surface area contributed by atoms with Gasteiger partial charge in [-0.3, -0.25) is 19.5 Å².